The van der Waals surface area contributed by atoms with Gasteiger partial charge in [0.2, 0.25) is 0 Å². The van der Waals surface area contributed by atoms with Gasteiger partial charge in [0.05, 0.1) is 0 Å². The monoisotopic (exact) mass is 345 g/mol. The average Bonchev–Trinajstić information content (AvgIpc) is 2.43. The summed E-state index contributed by atoms with van der Waals surface area (Å²) in [6, 6.07) is 5.92. The van der Waals surface area contributed by atoms with Crippen molar-refractivity contribution in [1.29, 1.82) is 0 Å². The third-order valence-corrected chi connectivity index (χ3v) is 4.89. The number of hydrogen-bond acceptors (Lipinski definition) is 2. The molecule has 1 aromatic carbocycles. The predicted molar refractivity (Wildman–Crippen MR) is 83.4 cm³/mol. The molecule has 2 atom stereocenters. The van der Waals surface area contributed by atoms with Crippen LogP contribution in [0, 0.1) is 11.8 Å². The second kappa shape index (κ2) is 7.63. The van der Waals surface area contributed by atoms with Crippen molar-refractivity contribution in [1.82, 2.24) is 5.32 Å². The number of benzene rings is 1. The average molecular weight is 347 g/mol. The molecular weight excluding hydrogens is 326 g/mol. The molecule has 2 unspecified atom stereocenters. The minimum atomic E-state index is 0.323. The molecule has 2 N–H and O–H groups in total. The molecule has 0 heterocycles. The first kappa shape index (κ1) is 15.3. The molecule has 1 aliphatic carbocycles. The molecule has 0 amide bonds. The van der Waals surface area contributed by atoms with E-state index in [0.717, 1.165) is 28.1 Å². The van der Waals surface area contributed by atoms with E-state index in [0.29, 0.717) is 18.4 Å². The number of hydrogen-bond donors (Lipinski definition) is 2. The molecule has 0 aliphatic heterocycles. The molecule has 106 valence electrons. The second-order valence-electron chi connectivity index (χ2n) is 5.35. The van der Waals surface area contributed by atoms with E-state index in [1.807, 2.05) is 12.1 Å². The van der Waals surface area contributed by atoms with Gasteiger partial charge in [-0.05, 0) is 55.0 Å². The Labute approximate surface area is 128 Å². The summed E-state index contributed by atoms with van der Waals surface area (Å²) in [7, 11) is 0. The number of aliphatic hydroxyl groups excluding tert-OH is 1. The number of halogens is 2. The molecule has 2 rings (SSSR count). The lowest BCUT2D eigenvalue weighted by molar-refractivity contribution is 0.133. The third kappa shape index (κ3) is 4.45. The predicted octanol–water partition coefficient (Wildman–Crippen LogP) is 3.99. The van der Waals surface area contributed by atoms with E-state index in [2.05, 4.69) is 27.3 Å². The smallest absolute Gasteiger partial charge is 0.0462 e. The van der Waals surface area contributed by atoms with Crippen LogP contribution in [-0.4, -0.2) is 18.3 Å². The van der Waals surface area contributed by atoms with Crippen LogP contribution in [-0.2, 0) is 6.54 Å². The van der Waals surface area contributed by atoms with Crippen LogP contribution in [0.1, 0.15) is 31.2 Å². The van der Waals surface area contributed by atoms with Crippen molar-refractivity contribution >= 4 is 27.5 Å². The Morgan fingerprint density at radius 1 is 1.26 bits per heavy atom. The Morgan fingerprint density at radius 2 is 2.00 bits per heavy atom. The zero-order chi connectivity index (χ0) is 13.7. The standard InChI is InChI=1S/C15H21BrClNO/c16-14-5-6-15(17)13(7-14)9-18-8-11-3-1-2-4-12(11)10-19/h5-7,11-12,18-19H,1-4,8-10H2. The quantitative estimate of drug-likeness (QED) is 0.845. The zero-order valence-electron chi connectivity index (χ0n) is 11.0. The molecule has 0 radical (unpaired) electrons. The molecule has 0 aromatic heterocycles. The van der Waals surface area contributed by atoms with Gasteiger partial charge in [0.15, 0.2) is 0 Å². The zero-order valence-corrected chi connectivity index (χ0v) is 13.4. The minimum absolute atomic E-state index is 0.323. The van der Waals surface area contributed by atoms with Crippen LogP contribution >= 0.6 is 27.5 Å². The maximum atomic E-state index is 9.40. The first-order valence-electron chi connectivity index (χ1n) is 6.96. The van der Waals surface area contributed by atoms with E-state index in [4.69, 9.17) is 11.6 Å². The number of aliphatic hydroxyl groups is 1. The summed E-state index contributed by atoms with van der Waals surface area (Å²) in [5, 5.41) is 13.7. The topological polar surface area (TPSA) is 32.3 Å². The highest BCUT2D eigenvalue weighted by Crippen LogP contribution is 2.29. The lowest BCUT2D eigenvalue weighted by atomic mass is 9.79. The highest BCUT2D eigenvalue weighted by molar-refractivity contribution is 9.10. The third-order valence-electron chi connectivity index (χ3n) is 4.03. The molecule has 4 heteroatoms. The van der Waals surface area contributed by atoms with E-state index in [1.54, 1.807) is 0 Å². The minimum Gasteiger partial charge on any atom is -0.396 e. The largest absolute Gasteiger partial charge is 0.396 e. The normalized spacial score (nSPS) is 23.5. The molecule has 1 saturated carbocycles. The molecule has 0 bridgehead atoms. The summed E-state index contributed by atoms with van der Waals surface area (Å²) in [4.78, 5) is 0. The van der Waals surface area contributed by atoms with Crippen LogP contribution in [0.3, 0.4) is 0 Å². The highest BCUT2D eigenvalue weighted by atomic mass is 79.9. The number of nitrogens with one attached hydrogen (secondary N) is 1. The van der Waals surface area contributed by atoms with Crippen molar-refractivity contribution in [2.24, 2.45) is 11.8 Å². The molecule has 1 fully saturated rings. The highest BCUT2D eigenvalue weighted by Gasteiger charge is 2.23. The van der Waals surface area contributed by atoms with E-state index in [9.17, 15) is 5.11 Å². The van der Waals surface area contributed by atoms with Crippen LogP contribution in [0.2, 0.25) is 5.02 Å². The fourth-order valence-corrected chi connectivity index (χ4v) is 3.46. The van der Waals surface area contributed by atoms with Gasteiger partial charge in [-0.1, -0.05) is 40.4 Å². The Kier molecular flexibility index (Phi) is 6.14. The van der Waals surface area contributed by atoms with E-state index in [1.165, 1.54) is 25.7 Å². The molecule has 1 aliphatic rings. The SMILES string of the molecule is OCC1CCCCC1CNCc1cc(Br)ccc1Cl. The summed E-state index contributed by atoms with van der Waals surface area (Å²) < 4.78 is 1.06. The van der Waals surface area contributed by atoms with Crippen molar-refractivity contribution in [3.63, 3.8) is 0 Å². The van der Waals surface area contributed by atoms with Crippen LogP contribution in [0.5, 0.6) is 0 Å². The Hall–Kier alpha value is -0.0900. The van der Waals surface area contributed by atoms with Crippen molar-refractivity contribution in [2.45, 2.75) is 32.2 Å². The summed E-state index contributed by atoms with van der Waals surface area (Å²) in [6.45, 7) is 2.07. The molecule has 2 nitrogen and oxygen atoms in total. The van der Waals surface area contributed by atoms with Gasteiger partial charge in [-0.25, -0.2) is 0 Å². The first-order chi connectivity index (χ1) is 9.20. The van der Waals surface area contributed by atoms with Gasteiger partial charge in [0.25, 0.3) is 0 Å². The lowest BCUT2D eigenvalue weighted by Crippen LogP contribution is -2.32. The van der Waals surface area contributed by atoms with Gasteiger partial charge in [-0.2, -0.15) is 0 Å². The van der Waals surface area contributed by atoms with Crippen molar-refractivity contribution in [3.8, 4) is 0 Å². The van der Waals surface area contributed by atoms with E-state index >= 15 is 0 Å². The molecule has 0 spiro atoms. The van der Waals surface area contributed by atoms with E-state index < -0.39 is 0 Å². The number of rotatable bonds is 5. The summed E-state index contributed by atoms with van der Waals surface area (Å²) in [5.41, 5.74) is 1.12. The fourth-order valence-electron chi connectivity index (χ4n) is 2.86. The van der Waals surface area contributed by atoms with E-state index in [-0.39, 0.29) is 0 Å². The lowest BCUT2D eigenvalue weighted by Gasteiger charge is -2.30. The van der Waals surface area contributed by atoms with Gasteiger partial charge in [0, 0.05) is 22.6 Å². The molecule has 1 aromatic rings. The van der Waals surface area contributed by atoms with Gasteiger partial charge in [-0.3, -0.25) is 0 Å². The summed E-state index contributed by atoms with van der Waals surface area (Å²) in [6.07, 6.45) is 4.95. The first-order valence-corrected chi connectivity index (χ1v) is 8.13. The molecule has 19 heavy (non-hydrogen) atoms. The van der Waals surface area contributed by atoms with Gasteiger partial charge in [-0.15, -0.1) is 0 Å². The Bertz CT molecular complexity index is 413. The molecular formula is C15H21BrClNO. The maximum Gasteiger partial charge on any atom is 0.0462 e. The molecule has 0 saturated heterocycles. The van der Waals surface area contributed by atoms with Crippen molar-refractivity contribution in [3.05, 3.63) is 33.3 Å². The van der Waals surface area contributed by atoms with Gasteiger partial charge in [0.1, 0.15) is 0 Å². The van der Waals surface area contributed by atoms with Crippen LogP contribution in [0.25, 0.3) is 0 Å². The van der Waals surface area contributed by atoms with Gasteiger partial charge < -0.3 is 10.4 Å². The Balaban J connectivity index is 1.83. The van der Waals surface area contributed by atoms with Gasteiger partial charge >= 0.3 is 0 Å². The van der Waals surface area contributed by atoms with Crippen LogP contribution in [0.4, 0.5) is 0 Å². The summed E-state index contributed by atoms with van der Waals surface area (Å²) in [5.74, 6) is 1.07. The fraction of sp³-hybridized carbons (Fsp3) is 0.600. The van der Waals surface area contributed by atoms with Crippen molar-refractivity contribution < 1.29 is 5.11 Å². The Morgan fingerprint density at radius 3 is 2.74 bits per heavy atom. The second-order valence-corrected chi connectivity index (χ2v) is 6.68. The van der Waals surface area contributed by atoms with Crippen molar-refractivity contribution in [2.75, 3.05) is 13.2 Å². The summed E-state index contributed by atoms with van der Waals surface area (Å²) >= 11 is 9.64. The van der Waals surface area contributed by atoms with Crippen LogP contribution < -0.4 is 5.32 Å². The maximum absolute atomic E-state index is 9.40. The van der Waals surface area contributed by atoms with Crippen LogP contribution in [0.15, 0.2) is 22.7 Å².